The summed E-state index contributed by atoms with van der Waals surface area (Å²) < 4.78 is 5.65. The number of likely N-dealkylation sites (tertiary alicyclic amines) is 1. The summed E-state index contributed by atoms with van der Waals surface area (Å²) in [4.78, 5) is 40.8. The van der Waals surface area contributed by atoms with Gasteiger partial charge in [0.15, 0.2) is 0 Å². The Hall–Kier alpha value is -2.12. The van der Waals surface area contributed by atoms with E-state index in [0.717, 1.165) is 16.9 Å². The molecule has 2 saturated heterocycles. The topological polar surface area (TPSA) is 66.9 Å². The van der Waals surface area contributed by atoms with E-state index < -0.39 is 16.1 Å². The van der Waals surface area contributed by atoms with Gasteiger partial charge in [0.1, 0.15) is 12.8 Å². The van der Waals surface area contributed by atoms with E-state index >= 15 is 0 Å². The van der Waals surface area contributed by atoms with Gasteiger partial charge in [-0.1, -0.05) is 18.7 Å². The lowest BCUT2D eigenvalue weighted by Crippen LogP contribution is -2.55. The van der Waals surface area contributed by atoms with Crippen molar-refractivity contribution < 1.29 is 19.1 Å². The molecule has 1 aromatic carbocycles. The third-order valence-corrected chi connectivity index (χ3v) is 8.85. The Labute approximate surface area is 166 Å². The number of fused-ring (bicyclic) bond motifs is 1. The summed E-state index contributed by atoms with van der Waals surface area (Å²) in [5, 5.41) is 0. The molecule has 3 aliphatic heterocycles. The first-order valence-electron chi connectivity index (χ1n) is 9.61. The minimum Gasteiger partial charge on any atom is -0.360 e. The fourth-order valence-corrected chi connectivity index (χ4v) is 5.82. The second-order valence-corrected chi connectivity index (χ2v) is 12.1. The molecule has 1 aromatic rings. The first kappa shape index (κ1) is 19.2. The molecule has 0 N–H and O–H groups in total. The number of piperidine rings is 1. The number of carbonyl (C=O) groups excluding carboxylic acids is 3. The van der Waals surface area contributed by atoms with Crippen LogP contribution < -0.4 is 0 Å². The number of hydrogen-bond acceptors (Lipinski definition) is 4. The molecule has 3 heterocycles. The van der Waals surface area contributed by atoms with Crippen LogP contribution in [0.25, 0.3) is 6.08 Å². The van der Waals surface area contributed by atoms with E-state index in [4.69, 9.17) is 4.74 Å². The van der Waals surface area contributed by atoms with E-state index in [2.05, 4.69) is 12.8 Å². The average Bonchev–Trinajstić information content (AvgIpc) is 3.33. The largest absolute Gasteiger partial charge is 0.360 e. The van der Waals surface area contributed by atoms with E-state index in [1.54, 1.807) is 17.0 Å². The number of nitrogens with zero attached hydrogens (tertiary/aromatic N) is 2. The van der Waals surface area contributed by atoms with Crippen molar-refractivity contribution in [1.29, 1.82) is 0 Å². The van der Waals surface area contributed by atoms with Gasteiger partial charge in [-0.3, -0.25) is 19.3 Å². The molecule has 150 valence electrons. The zero-order valence-electron chi connectivity index (χ0n) is 16.2. The van der Waals surface area contributed by atoms with Gasteiger partial charge in [0.2, 0.25) is 5.91 Å². The van der Waals surface area contributed by atoms with Gasteiger partial charge in [-0.15, -0.1) is 0 Å². The number of imide groups is 1. The van der Waals surface area contributed by atoms with E-state index in [0.29, 0.717) is 25.1 Å². The predicted octanol–water partition coefficient (Wildman–Crippen LogP) is 2.23. The SMILES string of the molecule is C=Cc1ccc2c(c1)CN(C1CCC(=O)N(COCCS3(C)CC3)C1=O)C2=O. The van der Waals surface area contributed by atoms with Crippen LogP contribution in [0.15, 0.2) is 24.8 Å². The molecule has 3 aliphatic rings. The van der Waals surface area contributed by atoms with Gasteiger partial charge in [0, 0.05) is 24.3 Å². The summed E-state index contributed by atoms with van der Waals surface area (Å²) in [6.45, 7) is 4.71. The van der Waals surface area contributed by atoms with Gasteiger partial charge in [0.05, 0.1) is 6.61 Å². The molecular weight excluding hydrogens is 376 g/mol. The van der Waals surface area contributed by atoms with Crippen LogP contribution in [0.2, 0.25) is 0 Å². The number of hydrogen-bond donors (Lipinski definition) is 0. The summed E-state index contributed by atoms with van der Waals surface area (Å²) in [7, 11) is -0.445. The maximum absolute atomic E-state index is 13.0. The summed E-state index contributed by atoms with van der Waals surface area (Å²) in [6.07, 6.45) is 4.66. The van der Waals surface area contributed by atoms with Crippen LogP contribution in [0.5, 0.6) is 0 Å². The second-order valence-electron chi connectivity index (χ2n) is 7.90. The maximum Gasteiger partial charge on any atom is 0.255 e. The van der Waals surface area contributed by atoms with Crippen LogP contribution in [-0.4, -0.2) is 70.4 Å². The molecule has 0 aromatic heterocycles. The van der Waals surface area contributed by atoms with Crippen LogP contribution in [0, 0.1) is 0 Å². The molecule has 6 nitrogen and oxygen atoms in total. The standard InChI is InChI=1S/C21H26N2O4S/c1-3-15-4-5-17-16(12-15)13-22(20(17)25)18-6-7-19(24)23(21(18)26)14-27-8-9-28(2)10-11-28/h3-5,12,18H,1,6-11,13-14H2,2H3. The number of ether oxygens (including phenoxy) is 1. The van der Waals surface area contributed by atoms with E-state index in [1.807, 2.05) is 12.1 Å². The van der Waals surface area contributed by atoms with Crippen molar-refractivity contribution in [3.05, 3.63) is 41.5 Å². The monoisotopic (exact) mass is 402 g/mol. The minimum absolute atomic E-state index is 0.0146. The second kappa shape index (κ2) is 7.37. The molecule has 0 saturated carbocycles. The lowest BCUT2D eigenvalue weighted by Gasteiger charge is -2.35. The van der Waals surface area contributed by atoms with Gasteiger partial charge in [-0.05, 0) is 47.4 Å². The highest BCUT2D eigenvalue weighted by atomic mass is 32.3. The van der Waals surface area contributed by atoms with Gasteiger partial charge < -0.3 is 9.64 Å². The van der Waals surface area contributed by atoms with Crippen molar-refractivity contribution in [3.63, 3.8) is 0 Å². The zero-order chi connectivity index (χ0) is 19.9. The first-order valence-corrected chi connectivity index (χ1v) is 12.2. The fraction of sp³-hybridized carbons (Fsp3) is 0.476. The van der Waals surface area contributed by atoms with Crippen molar-refractivity contribution in [2.24, 2.45) is 0 Å². The van der Waals surface area contributed by atoms with E-state index in [1.165, 1.54) is 16.4 Å². The third kappa shape index (κ3) is 3.61. The molecule has 7 heteroatoms. The quantitative estimate of drug-likeness (QED) is 0.399. The third-order valence-electron chi connectivity index (χ3n) is 5.90. The molecule has 1 unspecified atom stereocenters. The Morgan fingerprint density at radius 1 is 1.29 bits per heavy atom. The zero-order valence-corrected chi connectivity index (χ0v) is 17.0. The van der Waals surface area contributed by atoms with Gasteiger partial charge >= 0.3 is 0 Å². The van der Waals surface area contributed by atoms with Crippen LogP contribution >= 0.6 is 10.0 Å². The molecular formula is C21H26N2O4S. The van der Waals surface area contributed by atoms with Gasteiger partial charge in [-0.2, -0.15) is 0 Å². The highest BCUT2D eigenvalue weighted by Gasteiger charge is 2.42. The van der Waals surface area contributed by atoms with E-state index in [9.17, 15) is 14.4 Å². The van der Waals surface area contributed by atoms with Crippen molar-refractivity contribution in [2.75, 3.05) is 36.9 Å². The average molecular weight is 403 g/mol. The van der Waals surface area contributed by atoms with Crippen molar-refractivity contribution in [1.82, 2.24) is 9.80 Å². The summed E-state index contributed by atoms with van der Waals surface area (Å²) in [5.41, 5.74) is 2.47. The molecule has 0 bridgehead atoms. The Morgan fingerprint density at radius 3 is 2.79 bits per heavy atom. The van der Waals surface area contributed by atoms with E-state index in [-0.39, 0.29) is 30.9 Å². The molecule has 0 spiro atoms. The smallest absolute Gasteiger partial charge is 0.255 e. The van der Waals surface area contributed by atoms with Gasteiger partial charge in [-0.25, -0.2) is 10.0 Å². The molecule has 2 fully saturated rings. The lowest BCUT2D eigenvalue weighted by atomic mass is 10.0. The number of amides is 3. The Balaban J connectivity index is 1.41. The maximum atomic E-state index is 13.0. The summed E-state index contributed by atoms with van der Waals surface area (Å²) >= 11 is 0. The Bertz CT molecular complexity index is 849. The number of rotatable bonds is 7. The highest BCUT2D eigenvalue weighted by molar-refractivity contribution is 8.38. The molecule has 1 atom stereocenters. The summed E-state index contributed by atoms with van der Waals surface area (Å²) in [5.74, 6) is 2.93. The van der Waals surface area contributed by atoms with Crippen LogP contribution in [0.3, 0.4) is 0 Å². The van der Waals surface area contributed by atoms with Crippen molar-refractivity contribution in [2.45, 2.75) is 25.4 Å². The molecule has 0 radical (unpaired) electrons. The fourth-order valence-electron chi connectivity index (χ4n) is 3.75. The molecule has 0 aliphatic carbocycles. The normalized spacial score (nSPS) is 24.3. The first-order chi connectivity index (χ1) is 13.4. The number of carbonyl (C=O) groups is 3. The Kier molecular flexibility index (Phi) is 5.05. The minimum atomic E-state index is -0.611. The summed E-state index contributed by atoms with van der Waals surface area (Å²) in [6, 6.07) is 4.96. The Morgan fingerprint density at radius 2 is 2.07 bits per heavy atom. The highest BCUT2D eigenvalue weighted by Crippen LogP contribution is 2.57. The van der Waals surface area contributed by atoms with Crippen LogP contribution in [0.4, 0.5) is 0 Å². The molecule has 4 rings (SSSR count). The molecule has 3 amide bonds. The molecule has 28 heavy (non-hydrogen) atoms. The predicted molar refractivity (Wildman–Crippen MR) is 110 cm³/mol. The van der Waals surface area contributed by atoms with Crippen molar-refractivity contribution in [3.8, 4) is 0 Å². The van der Waals surface area contributed by atoms with Crippen LogP contribution in [-0.2, 0) is 20.9 Å². The van der Waals surface area contributed by atoms with Crippen LogP contribution in [0.1, 0.15) is 34.3 Å². The lowest BCUT2D eigenvalue weighted by molar-refractivity contribution is -0.158. The van der Waals surface area contributed by atoms with Crippen molar-refractivity contribution >= 4 is 33.8 Å². The number of benzene rings is 1. The van der Waals surface area contributed by atoms with Gasteiger partial charge in [0.25, 0.3) is 11.8 Å².